The molecule has 0 aromatic heterocycles. The van der Waals surface area contributed by atoms with Gasteiger partial charge < -0.3 is 19.6 Å². The monoisotopic (exact) mass is 392 g/mol. The number of benzene rings is 2. The van der Waals surface area contributed by atoms with E-state index in [-0.39, 0.29) is 12.5 Å². The van der Waals surface area contributed by atoms with Crippen molar-refractivity contribution >= 4 is 33.7 Å². The van der Waals surface area contributed by atoms with Crippen LogP contribution in [0.4, 0.5) is 5.69 Å². The molecular weight excluding hydrogens is 376 g/mol. The number of oxime groups is 1. The van der Waals surface area contributed by atoms with Gasteiger partial charge >= 0.3 is 0 Å². The molecular formula is C17H17BrN2O4. The highest BCUT2D eigenvalue weighted by atomic mass is 79.9. The van der Waals surface area contributed by atoms with Gasteiger partial charge in [-0.1, -0.05) is 27.2 Å². The molecule has 0 fully saturated rings. The second kappa shape index (κ2) is 8.93. The number of halogens is 1. The minimum absolute atomic E-state index is 0.196. The van der Waals surface area contributed by atoms with E-state index >= 15 is 0 Å². The molecule has 0 heterocycles. The van der Waals surface area contributed by atoms with Gasteiger partial charge in [0.15, 0.2) is 18.1 Å². The van der Waals surface area contributed by atoms with E-state index in [0.717, 1.165) is 4.47 Å². The molecule has 0 spiro atoms. The van der Waals surface area contributed by atoms with Gasteiger partial charge in [-0.15, -0.1) is 0 Å². The average molecular weight is 393 g/mol. The Morgan fingerprint density at radius 2 is 1.92 bits per heavy atom. The molecule has 2 aromatic rings. The van der Waals surface area contributed by atoms with Crippen LogP contribution >= 0.6 is 15.9 Å². The van der Waals surface area contributed by atoms with Crippen LogP contribution in [0.1, 0.15) is 5.56 Å². The number of carbonyl (C=O) groups excluding carboxylic acids is 1. The molecule has 0 radical (unpaired) electrons. The van der Waals surface area contributed by atoms with E-state index in [1.54, 1.807) is 38.5 Å². The summed E-state index contributed by atoms with van der Waals surface area (Å²) >= 11 is 3.33. The van der Waals surface area contributed by atoms with Crippen LogP contribution < -0.4 is 14.8 Å². The fourth-order valence-corrected chi connectivity index (χ4v) is 2.20. The molecule has 0 atom stereocenters. The van der Waals surface area contributed by atoms with Gasteiger partial charge in [-0.2, -0.15) is 0 Å². The summed E-state index contributed by atoms with van der Waals surface area (Å²) < 4.78 is 11.4. The first-order valence-electron chi connectivity index (χ1n) is 7.05. The van der Waals surface area contributed by atoms with Crippen molar-refractivity contribution < 1.29 is 19.1 Å². The van der Waals surface area contributed by atoms with Gasteiger partial charge in [-0.25, -0.2) is 0 Å². The Bertz CT molecular complexity index is 717. The van der Waals surface area contributed by atoms with Crippen LogP contribution in [-0.4, -0.2) is 32.9 Å². The normalized spacial score (nSPS) is 10.5. The third-order valence-corrected chi connectivity index (χ3v) is 3.55. The zero-order chi connectivity index (χ0) is 17.4. The summed E-state index contributed by atoms with van der Waals surface area (Å²) in [4.78, 5) is 16.8. The van der Waals surface area contributed by atoms with E-state index in [1.165, 1.54) is 6.21 Å². The second-order valence-electron chi connectivity index (χ2n) is 4.65. The lowest BCUT2D eigenvalue weighted by Gasteiger charge is -2.09. The summed E-state index contributed by atoms with van der Waals surface area (Å²) in [6.45, 7) is -0.196. The topological polar surface area (TPSA) is 69.2 Å². The highest BCUT2D eigenvalue weighted by molar-refractivity contribution is 9.10. The quantitative estimate of drug-likeness (QED) is 0.578. The highest BCUT2D eigenvalue weighted by Crippen LogP contribution is 2.29. The van der Waals surface area contributed by atoms with Crippen molar-refractivity contribution in [2.24, 2.45) is 5.16 Å². The fraction of sp³-hybridized carbons (Fsp3) is 0.176. The Morgan fingerprint density at radius 1 is 1.17 bits per heavy atom. The van der Waals surface area contributed by atoms with Crippen LogP contribution in [-0.2, 0) is 9.63 Å². The first-order chi connectivity index (χ1) is 11.6. The molecule has 0 saturated heterocycles. The number of nitrogens with one attached hydrogen (secondary N) is 1. The summed E-state index contributed by atoms with van der Waals surface area (Å²) in [6, 6.07) is 12.6. The van der Waals surface area contributed by atoms with E-state index in [4.69, 9.17) is 14.3 Å². The van der Waals surface area contributed by atoms with Gasteiger partial charge in [0.1, 0.15) is 0 Å². The molecule has 0 unspecified atom stereocenters. The van der Waals surface area contributed by atoms with E-state index in [9.17, 15) is 4.79 Å². The average Bonchev–Trinajstić information content (AvgIpc) is 2.60. The number of ether oxygens (including phenoxy) is 2. The Kier molecular flexibility index (Phi) is 6.62. The number of para-hydroxylation sites is 1. The molecule has 0 aliphatic carbocycles. The van der Waals surface area contributed by atoms with Gasteiger partial charge in [0.2, 0.25) is 0 Å². The summed E-state index contributed by atoms with van der Waals surface area (Å²) in [5.74, 6) is 0.841. The predicted molar refractivity (Wildman–Crippen MR) is 95.9 cm³/mol. The summed E-state index contributed by atoms with van der Waals surface area (Å²) in [5.41, 5.74) is 1.37. The lowest BCUT2D eigenvalue weighted by atomic mass is 10.2. The number of hydrogen-bond acceptors (Lipinski definition) is 5. The van der Waals surface area contributed by atoms with Crippen LogP contribution in [0.25, 0.3) is 0 Å². The van der Waals surface area contributed by atoms with Gasteiger partial charge in [0, 0.05) is 15.7 Å². The van der Waals surface area contributed by atoms with E-state index in [0.29, 0.717) is 22.7 Å². The maximum Gasteiger partial charge on any atom is 0.265 e. The van der Waals surface area contributed by atoms with Gasteiger partial charge in [-0.05, 0) is 36.4 Å². The molecule has 6 nitrogen and oxygen atoms in total. The smallest absolute Gasteiger partial charge is 0.265 e. The molecule has 126 valence electrons. The minimum Gasteiger partial charge on any atom is -0.493 e. The number of anilines is 1. The predicted octanol–water partition coefficient (Wildman–Crippen LogP) is 3.46. The molecule has 0 bridgehead atoms. The van der Waals surface area contributed by atoms with Gasteiger partial charge in [0.25, 0.3) is 5.91 Å². The number of methoxy groups -OCH3 is 2. The third-order valence-electron chi connectivity index (χ3n) is 3.02. The molecule has 0 aliphatic rings. The van der Waals surface area contributed by atoms with Crippen molar-refractivity contribution in [1.29, 1.82) is 0 Å². The van der Waals surface area contributed by atoms with Crippen LogP contribution in [0, 0.1) is 0 Å². The van der Waals surface area contributed by atoms with Gasteiger partial charge in [0.05, 0.1) is 20.4 Å². The van der Waals surface area contributed by atoms with E-state index in [2.05, 4.69) is 26.4 Å². The third kappa shape index (κ3) is 4.99. The van der Waals surface area contributed by atoms with Crippen LogP contribution in [0.15, 0.2) is 52.1 Å². The van der Waals surface area contributed by atoms with Crippen LogP contribution in [0.5, 0.6) is 11.5 Å². The Hall–Kier alpha value is -2.54. The molecule has 7 heteroatoms. The van der Waals surface area contributed by atoms with Crippen molar-refractivity contribution in [3.63, 3.8) is 0 Å². The standard InChI is InChI=1S/C17H17BrN2O4/c1-22-15-5-3-4-12(17(15)23-2)10-19-24-11-16(21)20-14-8-6-13(18)7-9-14/h3-10H,11H2,1-2H3,(H,20,21)/b19-10+. The fourth-order valence-electron chi connectivity index (χ4n) is 1.93. The van der Waals surface area contributed by atoms with Gasteiger partial charge in [-0.3, -0.25) is 4.79 Å². The maximum atomic E-state index is 11.8. The van der Waals surface area contributed by atoms with E-state index < -0.39 is 0 Å². The Labute approximate surface area is 148 Å². The molecule has 24 heavy (non-hydrogen) atoms. The molecule has 1 amide bonds. The Balaban J connectivity index is 1.88. The van der Waals surface area contributed by atoms with Crippen molar-refractivity contribution in [3.05, 3.63) is 52.5 Å². The maximum absolute atomic E-state index is 11.8. The number of amides is 1. The number of hydrogen-bond donors (Lipinski definition) is 1. The Morgan fingerprint density at radius 3 is 2.58 bits per heavy atom. The van der Waals surface area contributed by atoms with Crippen molar-refractivity contribution in [2.75, 3.05) is 26.1 Å². The molecule has 2 rings (SSSR count). The van der Waals surface area contributed by atoms with Crippen molar-refractivity contribution in [2.45, 2.75) is 0 Å². The SMILES string of the molecule is COc1cccc(/C=N/OCC(=O)Nc2ccc(Br)cc2)c1OC. The number of rotatable bonds is 7. The summed E-state index contributed by atoms with van der Waals surface area (Å²) in [5, 5.41) is 6.50. The second-order valence-corrected chi connectivity index (χ2v) is 5.56. The molecule has 2 aromatic carbocycles. The highest BCUT2D eigenvalue weighted by Gasteiger charge is 2.07. The lowest BCUT2D eigenvalue weighted by Crippen LogP contribution is -2.16. The van der Waals surface area contributed by atoms with Crippen LogP contribution in [0.2, 0.25) is 0 Å². The zero-order valence-electron chi connectivity index (χ0n) is 13.3. The first kappa shape index (κ1) is 17.8. The molecule has 1 N–H and O–H groups in total. The van der Waals surface area contributed by atoms with Crippen molar-refractivity contribution in [1.82, 2.24) is 0 Å². The number of carbonyl (C=O) groups is 1. The van der Waals surface area contributed by atoms with Crippen molar-refractivity contribution in [3.8, 4) is 11.5 Å². The summed E-state index contributed by atoms with van der Waals surface area (Å²) in [6.07, 6.45) is 1.47. The largest absolute Gasteiger partial charge is 0.493 e. The molecule has 0 saturated carbocycles. The lowest BCUT2D eigenvalue weighted by molar-refractivity contribution is -0.120. The zero-order valence-corrected chi connectivity index (χ0v) is 14.9. The summed E-state index contributed by atoms with van der Waals surface area (Å²) in [7, 11) is 3.10. The molecule has 0 aliphatic heterocycles. The first-order valence-corrected chi connectivity index (χ1v) is 7.85. The van der Waals surface area contributed by atoms with E-state index in [1.807, 2.05) is 18.2 Å². The van der Waals surface area contributed by atoms with Crippen LogP contribution in [0.3, 0.4) is 0 Å². The minimum atomic E-state index is -0.299. The number of nitrogens with zero attached hydrogens (tertiary/aromatic N) is 1.